The first-order valence-electron chi connectivity index (χ1n) is 4.65. The Morgan fingerprint density at radius 1 is 1.43 bits per heavy atom. The quantitative estimate of drug-likeness (QED) is 0.799. The molecule has 1 rings (SSSR count). The molecule has 0 heterocycles. The molecule has 78 valence electrons. The molecule has 0 aromatic heterocycles. The maximum absolute atomic E-state index is 13.4. The fourth-order valence-corrected chi connectivity index (χ4v) is 1.54. The monoisotopic (exact) mass is 197 g/mol. The number of aliphatic hydroxyl groups excluding tert-OH is 1. The molecule has 1 aromatic carbocycles. The van der Waals surface area contributed by atoms with E-state index in [1.165, 1.54) is 6.07 Å². The normalized spacial score (nSPS) is 12.6. The van der Waals surface area contributed by atoms with Crippen LogP contribution >= 0.6 is 0 Å². The third kappa shape index (κ3) is 2.45. The highest BCUT2D eigenvalue weighted by Crippen LogP contribution is 2.23. The Morgan fingerprint density at radius 2 is 2.07 bits per heavy atom. The molecule has 14 heavy (non-hydrogen) atoms. The first-order valence-corrected chi connectivity index (χ1v) is 4.65. The van der Waals surface area contributed by atoms with E-state index in [1.807, 2.05) is 6.07 Å². The van der Waals surface area contributed by atoms with Crippen LogP contribution < -0.4 is 4.90 Å². The smallest absolute Gasteiger partial charge is 0.146 e. The molecule has 2 nitrogen and oxygen atoms in total. The van der Waals surface area contributed by atoms with E-state index in [0.29, 0.717) is 12.1 Å². The second-order valence-electron chi connectivity index (χ2n) is 3.70. The van der Waals surface area contributed by atoms with Crippen molar-refractivity contribution in [3.63, 3.8) is 0 Å². The van der Waals surface area contributed by atoms with Gasteiger partial charge in [-0.2, -0.15) is 0 Å². The van der Waals surface area contributed by atoms with Crippen LogP contribution in [0.5, 0.6) is 0 Å². The molecule has 0 aliphatic rings. The molecule has 0 saturated heterocycles. The number of halogens is 1. The van der Waals surface area contributed by atoms with Gasteiger partial charge in [0, 0.05) is 20.5 Å². The first-order chi connectivity index (χ1) is 6.52. The highest BCUT2D eigenvalue weighted by atomic mass is 19.1. The van der Waals surface area contributed by atoms with Gasteiger partial charge < -0.3 is 10.0 Å². The number of nitrogens with zero attached hydrogens (tertiary/aromatic N) is 1. The van der Waals surface area contributed by atoms with Crippen LogP contribution in [0.2, 0.25) is 0 Å². The number of rotatable bonds is 3. The molecule has 0 fully saturated rings. The zero-order chi connectivity index (χ0) is 10.7. The topological polar surface area (TPSA) is 23.5 Å². The van der Waals surface area contributed by atoms with Crippen molar-refractivity contribution in [1.29, 1.82) is 0 Å². The van der Waals surface area contributed by atoms with Crippen molar-refractivity contribution in [2.24, 2.45) is 0 Å². The molecular weight excluding hydrogens is 181 g/mol. The van der Waals surface area contributed by atoms with E-state index < -0.39 is 6.10 Å². The van der Waals surface area contributed by atoms with Crippen molar-refractivity contribution in [1.82, 2.24) is 0 Å². The number of hydrogen-bond donors (Lipinski definition) is 1. The van der Waals surface area contributed by atoms with Crippen LogP contribution in [0.4, 0.5) is 10.1 Å². The van der Waals surface area contributed by atoms with E-state index in [2.05, 4.69) is 0 Å². The highest BCUT2D eigenvalue weighted by Gasteiger charge is 2.11. The fourth-order valence-electron chi connectivity index (χ4n) is 1.54. The van der Waals surface area contributed by atoms with Gasteiger partial charge in [-0.05, 0) is 18.6 Å². The standard InChI is InChI=1S/C11H16FNO/c1-8(14)7-9-5-4-6-10(12)11(9)13(2)3/h4-6,8,14H,7H2,1-3H3. The van der Waals surface area contributed by atoms with E-state index in [-0.39, 0.29) is 5.82 Å². The van der Waals surface area contributed by atoms with Crippen LogP contribution in [0.1, 0.15) is 12.5 Å². The van der Waals surface area contributed by atoms with Gasteiger partial charge in [-0.25, -0.2) is 4.39 Å². The van der Waals surface area contributed by atoms with Crippen LogP contribution in [-0.4, -0.2) is 25.3 Å². The molecule has 1 aromatic rings. The summed E-state index contributed by atoms with van der Waals surface area (Å²) >= 11 is 0. The SMILES string of the molecule is CC(O)Cc1cccc(F)c1N(C)C. The van der Waals surface area contributed by atoms with Crippen molar-refractivity contribution >= 4 is 5.69 Å². The van der Waals surface area contributed by atoms with Gasteiger partial charge in [-0.1, -0.05) is 12.1 Å². The summed E-state index contributed by atoms with van der Waals surface area (Å²) in [7, 11) is 3.59. The third-order valence-electron chi connectivity index (χ3n) is 2.03. The summed E-state index contributed by atoms with van der Waals surface area (Å²) in [6, 6.07) is 4.94. The highest BCUT2D eigenvalue weighted by molar-refractivity contribution is 5.53. The molecule has 0 saturated carbocycles. The lowest BCUT2D eigenvalue weighted by Crippen LogP contribution is -2.15. The van der Waals surface area contributed by atoms with Gasteiger partial charge in [0.25, 0.3) is 0 Å². The summed E-state index contributed by atoms with van der Waals surface area (Å²) in [4.78, 5) is 1.73. The molecule has 0 spiro atoms. The minimum atomic E-state index is -0.449. The molecule has 1 atom stereocenters. The number of aliphatic hydroxyl groups is 1. The van der Waals surface area contributed by atoms with Crippen LogP contribution in [0.25, 0.3) is 0 Å². The molecule has 0 amide bonds. The number of hydrogen-bond acceptors (Lipinski definition) is 2. The van der Waals surface area contributed by atoms with Gasteiger partial charge in [0.15, 0.2) is 0 Å². The predicted octanol–water partition coefficient (Wildman–Crippen LogP) is 1.81. The Bertz CT molecular complexity index is 310. The Hall–Kier alpha value is -1.09. The fraction of sp³-hybridized carbons (Fsp3) is 0.455. The van der Waals surface area contributed by atoms with Crippen molar-refractivity contribution in [3.8, 4) is 0 Å². The largest absolute Gasteiger partial charge is 0.393 e. The van der Waals surface area contributed by atoms with E-state index in [4.69, 9.17) is 0 Å². The van der Waals surface area contributed by atoms with Gasteiger partial charge in [0.05, 0.1) is 11.8 Å². The minimum Gasteiger partial charge on any atom is -0.393 e. The molecule has 0 radical (unpaired) electrons. The third-order valence-corrected chi connectivity index (χ3v) is 2.03. The zero-order valence-electron chi connectivity index (χ0n) is 8.79. The Balaban J connectivity index is 3.08. The van der Waals surface area contributed by atoms with E-state index in [0.717, 1.165) is 5.56 Å². The average Bonchev–Trinajstić information content (AvgIpc) is 2.01. The van der Waals surface area contributed by atoms with Crippen molar-refractivity contribution < 1.29 is 9.50 Å². The Morgan fingerprint density at radius 3 is 2.57 bits per heavy atom. The van der Waals surface area contributed by atoms with Crippen molar-refractivity contribution in [2.75, 3.05) is 19.0 Å². The van der Waals surface area contributed by atoms with Crippen LogP contribution in [-0.2, 0) is 6.42 Å². The summed E-state index contributed by atoms with van der Waals surface area (Å²) in [5.41, 5.74) is 1.40. The Labute approximate surface area is 84.0 Å². The maximum atomic E-state index is 13.4. The average molecular weight is 197 g/mol. The first kappa shape index (κ1) is 11.0. The summed E-state index contributed by atoms with van der Waals surface area (Å²) < 4.78 is 13.4. The second kappa shape index (κ2) is 4.42. The lowest BCUT2D eigenvalue weighted by atomic mass is 10.1. The van der Waals surface area contributed by atoms with Gasteiger partial charge in [-0.3, -0.25) is 0 Å². The molecule has 0 aliphatic carbocycles. The van der Waals surface area contributed by atoms with E-state index >= 15 is 0 Å². The Kier molecular flexibility index (Phi) is 3.47. The van der Waals surface area contributed by atoms with Crippen LogP contribution in [0.3, 0.4) is 0 Å². The minimum absolute atomic E-state index is 0.242. The van der Waals surface area contributed by atoms with Crippen molar-refractivity contribution in [3.05, 3.63) is 29.6 Å². The van der Waals surface area contributed by atoms with Crippen LogP contribution in [0, 0.1) is 5.82 Å². The van der Waals surface area contributed by atoms with Gasteiger partial charge in [0.2, 0.25) is 0 Å². The predicted molar refractivity (Wildman–Crippen MR) is 56.1 cm³/mol. The number of para-hydroxylation sites is 1. The molecule has 0 bridgehead atoms. The van der Waals surface area contributed by atoms with Crippen molar-refractivity contribution in [2.45, 2.75) is 19.4 Å². The maximum Gasteiger partial charge on any atom is 0.146 e. The summed E-state index contributed by atoms with van der Waals surface area (Å²) in [6.07, 6.45) is 0.0288. The van der Waals surface area contributed by atoms with Gasteiger partial charge in [-0.15, -0.1) is 0 Å². The second-order valence-corrected chi connectivity index (χ2v) is 3.70. The van der Waals surface area contributed by atoms with Gasteiger partial charge >= 0.3 is 0 Å². The molecule has 1 N–H and O–H groups in total. The number of benzene rings is 1. The molecule has 3 heteroatoms. The lowest BCUT2D eigenvalue weighted by molar-refractivity contribution is 0.195. The summed E-state index contributed by atoms with van der Waals surface area (Å²) in [6.45, 7) is 1.70. The lowest BCUT2D eigenvalue weighted by Gasteiger charge is -2.18. The van der Waals surface area contributed by atoms with Gasteiger partial charge in [0.1, 0.15) is 5.82 Å². The molecule has 1 unspecified atom stereocenters. The zero-order valence-corrected chi connectivity index (χ0v) is 8.79. The number of anilines is 1. The summed E-state index contributed by atoms with van der Waals surface area (Å²) in [5.74, 6) is -0.242. The van der Waals surface area contributed by atoms with E-state index in [9.17, 15) is 9.50 Å². The molecular formula is C11H16FNO. The van der Waals surface area contributed by atoms with Crippen LogP contribution in [0.15, 0.2) is 18.2 Å². The summed E-state index contributed by atoms with van der Waals surface area (Å²) in [5, 5.41) is 9.26. The van der Waals surface area contributed by atoms with E-state index in [1.54, 1.807) is 32.0 Å². The molecule has 0 aliphatic heterocycles.